The molecule has 0 saturated carbocycles. The molecule has 0 aliphatic carbocycles. The highest BCUT2D eigenvalue weighted by molar-refractivity contribution is 6.22. The smallest absolute Gasteiger partial charge is 0.241 e. The predicted octanol–water partition coefficient (Wildman–Crippen LogP) is 1.91. The van der Waals surface area contributed by atoms with Crippen LogP contribution >= 0.6 is 0 Å². The number of carbonyl (C=O) groups is 2. The van der Waals surface area contributed by atoms with E-state index >= 15 is 0 Å². The van der Waals surface area contributed by atoms with E-state index in [0.717, 1.165) is 12.8 Å². The topological polar surface area (TPSA) is 64.4 Å². The molecule has 1 aromatic heterocycles. The number of amides is 2. The predicted molar refractivity (Wildman–Crippen MR) is 89.9 cm³/mol. The van der Waals surface area contributed by atoms with Crippen molar-refractivity contribution < 1.29 is 14.3 Å². The number of hydrogen-bond donors (Lipinski definition) is 0. The van der Waals surface area contributed by atoms with E-state index in [0.29, 0.717) is 12.4 Å². The third-order valence-electron chi connectivity index (χ3n) is 5.73. The van der Waals surface area contributed by atoms with Gasteiger partial charge in [-0.15, -0.1) is 0 Å². The van der Waals surface area contributed by atoms with Crippen LogP contribution < -0.4 is 4.90 Å². The highest BCUT2D eigenvalue weighted by Crippen LogP contribution is 2.49. The van der Waals surface area contributed by atoms with Gasteiger partial charge in [-0.3, -0.25) is 14.3 Å². The summed E-state index contributed by atoms with van der Waals surface area (Å²) in [6, 6.07) is 9.87. The largest absolute Gasteiger partial charge is 0.373 e. The number of rotatable bonds is 3. The molecule has 1 aromatic carbocycles. The third-order valence-corrected chi connectivity index (χ3v) is 5.73. The lowest BCUT2D eigenvalue weighted by Crippen LogP contribution is -2.34. The van der Waals surface area contributed by atoms with E-state index in [-0.39, 0.29) is 35.9 Å². The average molecular weight is 337 g/mol. The minimum absolute atomic E-state index is 0.0921. The van der Waals surface area contributed by atoms with E-state index in [1.165, 1.54) is 16.0 Å². The standard InChI is InChI=1S/C19H19N3O3/c1-11-4-2-3-5-12(11)10-21-9-8-15(20-21)22-18(23)16-13-6-7-14(25-13)17(16)19(22)24/h2-5,8-9,13-14,16-17H,6-7,10H2,1H3/t13-,14-,16-,17-/m1/s1. The van der Waals surface area contributed by atoms with Crippen molar-refractivity contribution in [2.45, 2.75) is 38.5 Å². The third kappa shape index (κ3) is 2.10. The first-order valence-electron chi connectivity index (χ1n) is 8.75. The van der Waals surface area contributed by atoms with Crippen LogP contribution in [0.3, 0.4) is 0 Å². The fraction of sp³-hybridized carbons (Fsp3) is 0.421. The highest BCUT2D eigenvalue weighted by atomic mass is 16.5. The molecule has 6 heteroatoms. The van der Waals surface area contributed by atoms with Gasteiger partial charge in [0.25, 0.3) is 0 Å². The van der Waals surface area contributed by atoms with Crippen molar-refractivity contribution in [1.82, 2.24) is 9.78 Å². The lowest BCUT2D eigenvalue weighted by Gasteiger charge is -2.15. The molecule has 0 radical (unpaired) electrons. The number of ether oxygens (including phenoxy) is 1. The number of aryl methyl sites for hydroxylation is 1. The Morgan fingerprint density at radius 2 is 1.76 bits per heavy atom. The van der Waals surface area contributed by atoms with Crippen molar-refractivity contribution in [3.05, 3.63) is 47.7 Å². The molecule has 0 N–H and O–H groups in total. The molecular weight excluding hydrogens is 318 g/mol. The Morgan fingerprint density at radius 1 is 1.08 bits per heavy atom. The van der Waals surface area contributed by atoms with E-state index in [9.17, 15) is 9.59 Å². The number of anilines is 1. The molecule has 2 aromatic rings. The van der Waals surface area contributed by atoms with Crippen molar-refractivity contribution in [2.24, 2.45) is 11.8 Å². The first kappa shape index (κ1) is 14.8. The van der Waals surface area contributed by atoms with E-state index < -0.39 is 0 Å². The summed E-state index contributed by atoms with van der Waals surface area (Å²) in [6.45, 7) is 2.67. The fourth-order valence-electron chi connectivity index (χ4n) is 4.46. The number of aromatic nitrogens is 2. The summed E-state index contributed by atoms with van der Waals surface area (Å²) in [7, 11) is 0. The van der Waals surface area contributed by atoms with E-state index in [4.69, 9.17) is 4.74 Å². The summed E-state index contributed by atoms with van der Waals surface area (Å²) >= 11 is 0. The summed E-state index contributed by atoms with van der Waals surface area (Å²) in [4.78, 5) is 26.8. The lowest BCUT2D eigenvalue weighted by atomic mass is 9.81. The van der Waals surface area contributed by atoms with Gasteiger partial charge in [-0.1, -0.05) is 24.3 Å². The van der Waals surface area contributed by atoms with Crippen LogP contribution in [0.5, 0.6) is 0 Å². The maximum absolute atomic E-state index is 12.8. The first-order chi connectivity index (χ1) is 12.1. The molecule has 25 heavy (non-hydrogen) atoms. The molecule has 128 valence electrons. The van der Waals surface area contributed by atoms with Gasteiger partial charge in [-0.05, 0) is 30.9 Å². The summed E-state index contributed by atoms with van der Waals surface area (Å²) in [5.74, 6) is -0.496. The van der Waals surface area contributed by atoms with Crippen LogP contribution in [-0.2, 0) is 20.9 Å². The highest BCUT2D eigenvalue weighted by Gasteiger charge is 2.63. The molecule has 3 fully saturated rings. The molecule has 4 heterocycles. The Morgan fingerprint density at radius 3 is 2.44 bits per heavy atom. The molecule has 6 nitrogen and oxygen atoms in total. The lowest BCUT2D eigenvalue weighted by molar-refractivity contribution is -0.124. The molecule has 0 spiro atoms. The Labute approximate surface area is 145 Å². The normalized spacial score (nSPS) is 30.4. The van der Waals surface area contributed by atoms with Gasteiger partial charge < -0.3 is 4.74 Å². The van der Waals surface area contributed by atoms with Crippen molar-refractivity contribution >= 4 is 17.6 Å². The number of carbonyl (C=O) groups excluding carboxylic acids is 2. The number of hydrogen-bond acceptors (Lipinski definition) is 4. The van der Waals surface area contributed by atoms with E-state index in [1.807, 2.05) is 18.3 Å². The quantitative estimate of drug-likeness (QED) is 0.803. The van der Waals surface area contributed by atoms with Crippen molar-refractivity contribution in [1.29, 1.82) is 0 Å². The van der Waals surface area contributed by atoms with E-state index in [2.05, 4.69) is 24.2 Å². The van der Waals surface area contributed by atoms with Gasteiger partial charge in [-0.25, -0.2) is 4.90 Å². The number of fused-ring (bicyclic) bond motifs is 5. The van der Waals surface area contributed by atoms with Crippen LogP contribution in [0.2, 0.25) is 0 Å². The maximum Gasteiger partial charge on any atom is 0.241 e. The van der Waals surface area contributed by atoms with Gasteiger partial charge in [-0.2, -0.15) is 5.10 Å². The van der Waals surface area contributed by atoms with Gasteiger partial charge in [0.1, 0.15) is 0 Å². The summed E-state index contributed by atoms with van der Waals surface area (Å²) < 4.78 is 7.54. The van der Waals surface area contributed by atoms with Crippen molar-refractivity contribution in [3.8, 4) is 0 Å². The summed E-state index contributed by atoms with van der Waals surface area (Å²) in [6.07, 6.45) is 3.39. The molecule has 3 aliphatic heterocycles. The monoisotopic (exact) mass is 337 g/mol. The molecule has 2 bridgehead atoms. The van der Waals surface area contributed by atoms with E-state index in [1.54, 1.807) is 10.7 Å². The Kier molecular flexibility index (Phi) is 3.12. The average Bonchev–Trinajstić information content (AvgIpc) is 3.35. The Hall–Kier alpha value is -2.47. The van der Waals surface area contributed by atoms with Gasteiger partial charge in [0, 0.05) is 12.3 Å². The minimum atomic E-state index is -0.312. The molecule has 3 aliphatic rings. The molecule has 5 rings (SSSR count). The maximum atomic E-state index is 12.8. The number of benzene rings is 1. The van der Waals surface area contributed by atoms with Crippen LogP contribution in [0.25, 0.3) is 0 Å². The van der Waals surface area contributed by atoms with Gasteiger partial charge in [0.15, 0.2) is 5.82 Å². The first-order valence-corrected chi connectivity index (χ1v) is 8.75. The number of nitrogens with zero attached hydrogens (tertiary/aromatic N) is 3. The zero-order valence-electron chi connectivity index (χ0n) is 14.0. The second kappa shape index (κ2) is 5.26. The minimum Gasteiger partial charge on any atom is -0.373 e. The van der Waals surface area contributed by atoms with Crippen molar-refractivity contribution in [2.75, 3.05) is 4.90 Å². The van der Waals surface area contributed by atoms with Crippen molar-refractivity contribution in [3.63, 3.8) is 0 Å². The van der Waals surface area contributed by atoms with Crippen LogP contribution in [0.4, 0.5) is 5.82 Å². The second-order valence-electron chi connectivity index (χ2n) is 7.15. The van der Waals surface area contributed by atoms with Crippen LogP contribution in [0.1, 0.15) is 24.0 Å². The Bertz CT molecular complexity index is 846. The summed E-state index contributed by atoms with van der Waals surface area (Å²) in [5.41, 5.74) is 2.36. The summed E-state index contributed by atoms with van der Waals surface area (Å²) in [5, 5.41) is 4.49. The number of imide groups is 1. The molecule has 0 unspecified atom stereocenters. The van der Waals surface area contributed by atoms with Crippen LogP contribution in [-0.4, -0.2) is 33.8 Å². The molecule has 4 atom stereocenters. The van der Waals surface area contributed by atoms with Crippen LogP contribution in [0.15, 0.2) is 36.5 Å². The molecule has 2 amide bonds. The molecule has 3 saturated heterocycles. The SMILES string of the molecule is Cc1ccccc1Cn1ccc(N2C(=O)[C@H]3[C@H](C2=O)[C@H]2CC[C@H]3O2)n1. The van der Waals surface area contributed by atoms with Gasteiger partial charge in [0.05, 0.1) is 30.6 Å². The second-order valence-corrected chi connectivity index (χ2v) is 7.15. The zero-order chi connectivity index (χ0) is 17.1. The van der Waals surface area contributed by atoms with Gasteiger partial charge in [0.2, 0.25) is 11.8 Å². The van der Waals surface area contributed by atoms with Crippen LogP contribution in [0, 0.1) is 18.8 Å². The zero-order valence-corrected chi connectivity index (χ0v) is 14.0. The fourth-order valence-corrected chi connectivity index (χ4v) is 4.46. The Balaban J connectivity index is 1.41. The molecular formula is C19H19N3O3. The van der Waals surface area contributed by atoms with Gasteiger partial charge >= 0.3 is 0 Å².